The molecule has 0 unspecified atom stereocenters. The largest absolute Gasteiger partial charge is 0.482 e. The molecule has 5 nitrogen and oxygen atoms in total. The third-order valence-electron chi connectivity index (χ3n) is 3.18. The van der Waals surface area contributed by atoms with Crippen molar-refractivity contribution in [3.8, 4) is 5.75 Å². The number of carbonyl (C=O) groups is 1. The Labute approximate surface area is 113 Å². The molecule has 1 fully saturated rings. The van der Waals surface area contributed by atoms with Crippen LogP contribution in [0.3, 0.4) is 0 Å². The first-order chi connectivity index (χ1) is 9.13. The number of benzene rings is 1. The molecule has 1 aromatic rings. The summed E-state index contributed by atoms with van der Waals surface area (Å²) < 4.78 is 10.7. The van der Waals surface area contributed by atoms with Gasteiger partial charge in [0.2, 0.25) is 0 Å². The van der Waals surface area contributed by atoms with Gasteiger partial charge in [0.25, 0.3) is 0 Å². The number of ether oxygens (including phenoxy) is 2. The topological polar surface area (TPSA) is 64.8 Å². The van der Waals surface area contributed by atoms with E-state index in [9.17, 15) is 4.79 Å². The molecule has 5 heteroatoms. The number of carbonyl (C=O) groups excluding carboxylic acids is 1. The number of hydrogen-bond acceptors (Lipinski definition) is 5. The maximum Gasteiger partial charge on any atom is 0.344 e. The predicted molar refractivity (Wildman–Crippen MR) is 73.0 cm³/mol. The van der Waals surface area contributed by atoms with E-state index >= 15 is 0 Å². The number of nitrogens with two attached hydrogens (primary N) is 1. The van der Waals surface area contributed by atoms with Gasteiger partial charge in [0.05, 0.1) is 0 Å². The van der Waals surface area contributed by atoms with Crippen molar-refractivity contribution in [2.45, 2.75) is 18.9 Å². The standard InChI is InChI=1S/C14H20N2O3/c1-16-7-5-12(6-8-16)19-14(17)10-18-13-4-2-3-11(15)9-13/h2-4,9,12H,5-8,10,15H2,1H3. The van der Waals surface area contributed by atoms with Gasteiger partial charge in [-0.1, -0.05) is 6.07 Å². The summed E-state index contributed by atoms with van der Waals surface area (Å²) >= 11 is 0. The Bertz CT molecular complexity index is 428. The van der Waals surface area contributed by atoms with Crippen LogP contribution in [0.4, 0.5) is 5.69 Å². The van der Waals surface area contributed by atoms with Gasteiger partial charge in [-0.05, 0) is 32.0 Å². The summed E-state index contributed by atoms with van der Waals surface area (Å²) in [5.41, 5.74) is 6.24. The molecule has 0 bridgehead atoms. The van der Waals surface area contributed by atoms with Crippen molar-refractivity contribution in [2.75, 3.05) is 32.5 Å². The number of likely N-dealkylation sites (tertiary alicyclic amines) is 1. The summed E-state index contributed by atoms with van der Waals surface area (Å²) in [4.78, 5) is 13.9. The van der Waals surface area contributed by atoms with Crippen molar-refractivity contribution in [2.24, 2.45) is 0 Å². The lowest BCUT2D eigenvalue weighted by Crippen LogP contribution is -2.36. The van der Waals surface area contributed by atoms with Crippen molar-refractivity contribution < 1.29 is 14.3 Å². The fourth-order valence-electron chi connectivity index (χ4n) is 2.07. The zero-order chi connectivity index (χ0) is 13.7. The summed E-state index contributed by atoms with van der Waals surface area (Å²) in [6.07, 6.45) is 1.80. The average Bonchev–Trinajstić information content (AvgIpc) is 2.39. The summed E-state index contributed by atoms with van der Waals surface area (Å²) in [6.45, 7) is 1.86. The van der Waals surface area contributed by atoms with E-state index in [1.807, 2.05) is 0 Å². The van der Waals surface area contributed by atoms with E-state index in [0.717, 1.165) is 25.9 Å². The highest BCUT2D eigenvalue weighted by molar-refractivity contribution is 5.71. The molecule has 0 saturated carbocycles. The van der Waals surface area contributed by atoms with E-state index in [0.29, 0.717) is 11.4 Å². The molecule has 1 aliphatic heterocycles. The van der Waals surface area contributed by atoms with Crippen LogP contribution < -0.4 is 10.5 Å². The van der Waals surface area contributed by atoms with Crippen molar-refractivity contribution in [1.82, 2.24) is 4.90 Å². The molecular weight excluding hydrogens is 244 g/mol. The number of rotatable bonds is 4. The molecule has 1 aliphatic rings. The van der Waals surface area contributed by atoms with Crippen LogP contribution >= 0.6 is 0 Å². The molecular formula is C14H20N2O3. The summed E-state index contributed by atoms with van der Waals surface area (Å²) in [5.74, 6) is 0.261. The molecule has 0 radical (unpaired) electrons. The Morgan fingerprint density at radius 3 is 2.84 bits per heavy atom. The normalized spacial score (nSPS) is 17.1. The third kappa shape index (κ3) is 4.44. The second-order valence-electron chi connectivity index (χ2n) is 4.85. The van der Waals surface area contributed by atoms with E-state index in [4.69, 9.17) is 15.2 Å². The first-order valence-electron chi connectivity index (χ1n) is 6.50. The molecule has 1 aromatic carbocycles. The summed E-state index contributed by atoms with van der Waals surface area (Å²) in [5, 5.41) is 0. The number of esters is 1. The van der Waals surface area contributed by atoms with Gasteiger partial charge in [0, 0.05) is 24.8 Å². The quantitative estimate of drug-likeness (QED) is 0.655. The van der Waals surface area contributed by atoms with Gasteiger partial charge in [0.1, 0.15) is 11.9 Å². The van der Waals surface area contributed by atoms with Gasteiger partial charge in [-0.25, -0.2) is 4.79 Å². The zero-order valence-corrected chi connectivity index (χ0v) is 11.2. The van der Waals surface area contributed by atoms with Gasteiger partial charge < -0.3 is 20.1 Å². The highest BCUT2D eigenvalue weighted by atomic mass is 16.6. The Hall–Kier alpha value is -1.75. The van der Waals surface area contributed by atoms with Gasteiger partial charge in [-0.2, -0.15) is 0 Å². The third-order valence-corrected chi connectivity index (χ3v) is 3.18. The Morgan fingerprint density at radius 2 is 2.16 bits per heavy atom. The molecule has 0 amide bonds. The van der Waals surface area contributed by atoms with Gasteiger partial charge in [0.15, 0.2) is 6.61 Å². The molecule has 0 spiro atoms. The fraction of sp³-hybridized carbons (Fsp3) is 0.500. The maximum absolute atomic E-state index is 11.7. The minimum Gasteiger partial charge on any atom is -0.482 e. The van der Waals surface area contributed by atoms with Crippen molar-refractivity contribution in [3.05, 3.63) is 24.3 Å². The van der Waals surface area contributed by atoms with Gasteiger partial charge in [-0.3, -0.25) is 0 Å². The zero-order valence-electron chi connectivity index (χ0n) is 11.2. The van der Waals surface area contributed by atoms with Crippen LogP contribution in [0.2, 0.25) is 0 Å². The van der Waals surface area contributed by atoms with Crippen molar-refractivity contribution >= 4 is 11.7 Å². The SMILES string of the molecule is CN1CCC(OC(=O)COc2cccc(N)c2)CC1. The molecule has 2 rings (SSSR count). The van der Waals surface area contributed by atoms with Crippen molar-refractivity contribution in [3.63, 3.8) is 0 Å². The minimum absolute atomic E-state index is 0.0214. The first kappa shape index (κ1) is 13.7. The van der Waals surface area contributed by atoms with Crippen LogP contribution in [0.5, 0.6) is 5.75 Å². The van der Waals surface area contributed by atoms with E-state index in [2.05, 4.69) is 11.9 Å². The van der Waals surface area contributed by atoms with Crippen LogP contribution in [0.25, 0.3) is 0 Å². The number of piperidine rings is 1. The lowest BCUT2D eigenvalue weighted by atomic mass is 10.1. The second kappa shape index (κ2) is 6.43. The van der Waals surface area contributed by atoms with E-state index in [1.165, 1.54) is 0 Å². The lowest BCUT2D eigenvalue weighted by molar-refractivity contribution is -0.153. The van der Waals surface area contributed by atoms with Crippen molar-refractivity contribution in [1.29, 1.82) is 0 Å². The number of nitrogens with zero attached hydrogens (tertiary/aromatic N) is 1. The van der Waals surface area contributed by atoms with Gasteiger partial charge in [-0.15, -0.1) is 0 Å². The monoisotopic (exact) mass is 264 g/mol. The Kier molecular flexibility index (Phi) is 4.63. The van der Waals surface area contributed by atoms with E-state index in [-0.39, 0.29) is 18.7 Å². The second-order valence-corrected chi connectivity index (χ2v) is 4.85. The van der Waals surface area contributed by atoms with Gasteiger partial charge >= 0.3 is 5.97 Å². The molecule has 0 aliphatic carbocycles. The Morgan fingerprint density at radius 1 is 1.42 bits per heavy atom. The average molecular weight is 264 g/mol. The molecule has 19 heavy (non-hydrogen) atoms. The fourth-order valence-corrected chi connectivity index (χ4v) is 2.07. The lowest BCUT2D eigenvalue weighted by Gasteiger charge is -2.28. The molecule has 1 heterocycles. The highest BCUT2D eigenvalue weighted by Gasteiger charge is 2.20. The van der Waals surface area contributed by atoms with Crippen LogP contribution in [0.15, 0.2) is 24.3 Å². The molecule has 0 atom stereocenters. The Balaban J connectivity index is 1.73. The van der Waals surface area contributed by atoms with Crippen LogP contribution in [-0.4, -0.2) is 43.7 Å². The smallest absolute Gasteiger partial charge is 0.344 e. The van der Waals surface area contributed by atoms with E-state index in [1.54, 1.807) is 24.3 Å². The minimum atomic E-state index is -0.322. The number of hydrogen-bond donors (Lipinski definition) is 1. The maximum atomic E-state index is 11.7. The summed E-state index contributed by atoms with van der Waals surface area (Å²) in [6, 6.07) is 7.00. The highest BCUT2D eigenvalue weighted by Crippen LogP contribution is 2.15. The first-order valence-corrected chi connectivity index (χ1v) is 6.50. The van der Waals surface area contributed by atoms with Crippen LogP contribution in [-0.2, 0) is 9.53 Å². The summed E-state index contributed by atoms with van der Waals surface area (Å²) in [7, 11) is 2.07. The van der Waals surface area contributed by atoms with Crippen LogP contribution in [0.1, 0.15) is 12.8 Å². The molecule has 0 aromatic heterocycles. The molecule has 104 valence electrons. The molecule has 2 N–H and O–H groups in total. The number of anilines is 1. The predicted octanol–water partition coefficient (Wildman–Crippen LogP) is 1.28. The molecule has 1 saturated heterocycles. The number of nitrogen functional groups attached to an aromatic ring is 1. The van der Waals surface area contributed by atoms with E-state index < -0.39 is 0 Å². The van der Waals surface area contributed by atoms with Crippen LogP contribution in [0, 0.1) is 0 Å².